The summed E-state index contributed by atoms with van der Waals surface area (Å²) in [5, 5.41) is 11.7. The quantitative estimate of drug-likeness (QED) is 0.844. The first-order valence-electron chi connectivity index (χ1n) is 6.91. The number of carbonyl (C=O) groups excluding carboxylic acids is 1. The first kappa shape index (κ1) is 16.8. The second-order valence-corrected chi connectivity index (χ2v) is 5.15. The molecule has 2 N–H and O–H groups in total. The van der Waals surface area contributed by atoms with Crippen LogP contribution in [0.25, 0.3) is 0 Å². The Balaban J connectivity index is 2.74. The van der Waals surface area contributed by atoms with Crippen LogP contribution in [-0.4, -0.2) is 49.2 Å². The number of benzene rings is 1. The lowest BCUT2D eigenvalue weighted by atomic mass is 10.2. The Hall–Kier alpha value is -2.24. The van der Waals surface area contributed by atoms with Gasteiger partial charge in [0.2, 0.25) is 0 Å². The third-order valence-electron chi connectivity index (χ3n) is 3.20. The van der Waals surface area contributed by atoms with Crippen LogP contribution in [0.5, 0.6) is 0 Å². The normalized spacial score (nSPS) is 11.6. The predicted octanol–water partition coefficient (Wildman–Crippen LogP) is 2.33. The van der Waals surface area contributed by atoms with Crippen LogP contribution in [0.3, 0.4) is 0 Å². The van der Waals surface area contributed by atoms with Gasteiger partial charge in [-0.3, -0.25) is 4.79 Å². The van der Waals surface area contributed by atoms with Crippen molar-refractivity contribution in [3.63, 3.8) is 0 Å². The number of carboxylic acids is 1. The minimum atomic E-state index is -0.907. The highest BCUT2D eigenvalue weighted by Gasteiger charge is 2.19. The van der Waals surface area contributed by atoms with E-state index in [9.17, 15) is 9.59 Å². The molecule has 1 unspecified atom stereocenters. The first-order chi connectivity index (χ1) is 9.85. The Kier molecular flexibility index (Phi) is 6.02. The molecule has 0 fully saturated rings. The third-order valence-corrected chi connectivity index (χ3v) is 3.20. The van der Waals surface area contributed by atoms with E-state index in [4.69, 9.17) is 5.11 Å². The molecule has 0 heterocycles. The number of nitrogens with one attached hydrogen (secondary N) is 1. The van der Waals surface area contributed by atoms with Crippen LogP contribution in [0.1, 0.15) is 13.8 Å². The Morgan fingerprint density at radius 2 is 2.00 bits per heavy atom. The fourth-order valence-electron chi connectivity index (χ4n) is 1.83. The van der Waals surface area contributed by atoms with E-state index in [0.717, 1.165) is 5.69 Å². The highest BCUT2D eigenvalue weighted by molar-refractivity contribution is 5.90. The van der Waals surface area contributed by atoms with Gasteiger partial charge in [0.15, 0.2) is 0 Å². The van der Waals surface area contributed by atoms with Gasteiger partial charge >= 0.3 is 12.0 Å². The van der Waals surface area contributed by atoms with Gasteiger partial charge in [-0.05, 0) is 25.1 Å². The van der Waals surface area contributed by atoms with E-state index >= 15 is 0 Å². The smallest absolute Gasteiger partial charge is 0.321 e. The van der Waals surface area contributed by atoms with Crippen molar-refractivity contribution in [2.24, 2.45) is 5.92 Å². The molecular weight excluding hydrogens is 270 g/mol. The molecule has 1 aromatic carbocycles. The number of carboxylic acid groups (broad SMARTS) is 1. The van der Waals surface area contributed by atoms with Gasteiger partial charge in [-0.2, -0.15) is 0 Å². The van der Waals surface area contributed by atoms with Crippen LogP contribution in [0.4, 0.5) is 16.2 Å². The Bertz CT molecular complexity index is 503. The van der Waals surface area contributed by atoms with Crippen LogP contribution >= 0.6 is 0 Å². The standard InChI is InChI=1S/C15H23N3O3/c1-5-18(10-11(2)14(19)20)15(21)16-12-7-6-8-13(9-12)17(3)4/h6-9,11H,5,10H2,1-4H3,(H,16,21)(H,19,20). The minimum absolute atomic E-state index is 0.186. The maximum Gasteiger partial charge on any atom is 0.321 e. The van der Waals surface area contributed by atoms with Crippen LogP contribution in [0.2, 0.25) is 0 Å². The fraction of sp³-hybridized carbons (Fsp3) is 0.467. The largest absolute Gasteiger partial charge is 0.481 e. The van der Waals surface area contributed by atoms with E-state index in [-0.39, 0.29) is 12.6 Å². The van der Waals surface area contributed by atoms with E-state index in [1.807, 2.05) is 44.1 Å². The average Bonchev–Trinajstić information content (AvgIpc) is 2.44. The van der Waals surface area contributed by atoms with E-state index in [2.05, 4.69) is 5.32 Å². The van der Waals surface area contributed by atoms with Crippen molar-refractivity contribution in [1.82, 2.24) is 4.90 Å². The second kappa shape index (κ2) is 7.52. The number of rotatable bonds is 6. The van der Waals surface area contributed by atoms with Crippen molar-refractivity contribution in [3.05, 3.63) is 24.3 Å². The fourth-order valence-corrected chi connectivity index (χ4v) is 1.83. The number of hydrogen-bond donors (Lipinski definition) is 2. The molecular formula is C15H23N3O3. The van der Waals surface area contributed by atoms with E-state index < -0.39 is 11.9 Å². The van der Waals surface area contributed by atoms with Crippen molar-refractivity contribution >= 4 is 23.4 Å². The number of anilines is 2. The summed E-state index contributed by atoms with van der Waals surface area (Å²) in [6.45, 7) is 4.05. The van der Waals surface area contributed by atoms with Crippen molar-refractivity contribution in [3.8, 4) is 0 Å². The van der Waals surface area contributed by atoms with Gasteiger partial charge in [-0.25, -0.2) is 4.79 Å². The molecule has 0 aliphatic carbocycles. The van der Waals surface area contributed by atoms with Gasteiger partial charge in [0.05, 0.1) is 5.92 Å². The van der Waals surface area contributed by atoms with Crippen LogP contribution in [-0.2, 0) is 4.79 Å². The van der Waals surface area contributed by atoms with Crippen LogP contribution < -0.4 is 10.2 Å². The molecule has 1 atom stereocenters. The van der Waals surface area contributed by atoms with Gasteiger partial charge in [-0.1, -0.05) is 13.0 Å². The van der Waals surface area contributed by atoms with Gasteiger partial charge < -0.3 is 20.2 Å². The van der Waals surface area contributed by atoms with Crippen molar-refractivity contribution < 1.29 is 14.7 Å². The summed E-state index contributed by atoms with van der Waals surface area (Å²) in [4.78, 5) is 26.5. The molecule has 6 nitrogen and oxygen atoms in total. The van der Waals surface area contributed by atoms with E-state index in [1.165, 1.54) is 4.90 Å². The highest BCUT2D eigenvalue weighted by Crippen LogP contribution is 2.17. The summed E-state index contributed by atoms with van der Waals surface area (Å²) in [6, 6.07) is 7.19. The lowest BCUT2D eigenvalue weighted by Gasteiger charge is -2.23. The summed E-state index contributed by atoms with van der Waals surface area (Å²) in [5.74, 6) is -1.50. The van der Waals surface area contributed by atoms with Crippen molar-refractivity contribution in [2.75, 3.05) is 37.4 Å². The Morgan fingerprint density at radius 1 is 1.33 bits per heavy atom. The number of carbonyl (C=O) groups is 2. The zero-order valence-electron chi connectivity index (χ0n) is 13.0. The summed E-state index contributed by atoms with van der Waals surface area (Å²) in [7, 11) is 3.85. The molecule has 21 heavy (non-hydrogen) atoms. The topological polar surface area (TPSA) is 72.9 Å². The summed E-state index contributed by atoms with van der Waals surface area (Å²) >= 11 is 0. The number of amides is 2. The average molecular weight is 293 g/mol. The molecule has 0 bridgehead atoms. The van der Waals surface area contributed by atoms with E-state index in [1.54, 1.807) is 13.0 Å². The molecule has 0 aromatic heterocycles. The number of aliphatic carboxylic acids is 1. The Morgan fingerprint density at radius 3 is 2.52 bits per heavy atom. The molecule has 0 aliphatic heterocycles. The van der Waals surface area contributed by atoms with Crippen LogP contribution in [0.15, 0.2) is 24.3 Å². The SMILES string of the molecule is CCN(CC(C)C(=O)O)C(=O)Nc1cccc(N(C)C)c1. The second-order valence-electron chi connectivity index (χ2n) is 5.15. The first-order valence-corrected chi connectivity index (χ1v) is 6.91. The zero-order valence-corrected chi connectivity index (χ0v) is 13.0. The number of hydrogen-bond acceptors (Lipinski definition) is 3. The predicted molar refractivity (Wildman–Crippen MR) is 83.8 cm³/mol. The molecule has 0 saturated heterocycles. The molecule has 0 aliphatic rings. The summed E-state index contributed by atoms with van der Waals surface area (Å²) in [6.07, 6.45) is 0. The molecule has 116 valence electrons. The highest BCUT2D eigenvalue weighted by atomic mass is 16.4. The number of nitrogens with zero attached hydrogens (tertiary/aromatic N) is 2. The molecule has 2 amide bonds. The van der Waals surface area contributed by atoms with Gasteiger partial charge in [-0.15, -0.1) is 0 Å². The maximum absolute atomic E-state index is 12.2. The van der Waals surface area contributed by atoms with Crippen molar-refractivity contribution in [1.29, 1.82) is 0 Å². The Labute approximate surface area is 125 Å². The third kappa shape index (κ3) is 4.98. The summed E-state index contributed by atoms with van der Waals surface area (Å²) < 4.78 is 0. The zero-order chi connectivity index (χ0) is 16.0. The minimum Gasteiger partial charge on any atom is -0.481 e. The summed E-state index contributed by atoms with van der Waals surface area (Å²) in [5.41, 5.74) is 1.67. The monoisotopic (exact) mass is 293 g/mol. The molecule has 0 saturated carbocycles. The molecule has 0 radical (unpaired) electrons. The van der Waals surface area contributed by atoms with Gasteiger partial charge in [0.25, 0.3) is 0 Å². The molecule has 6 heteroatoms. The lowest BCUT2D eigenvalue weighted by molar-refractivity contribution is -0.141. The van der Waals surface area contributed by atoms with E-state index in [0.29, 0.717) is 12.2 Å². The van der Waals surface area contributed by atoms with Crippen LogP contribution in [0, 0.1) is 5.92 Å². The van der Waals surface area contributed by atoms with Crippen molar-refractivity contribution in [2.45, 2.75) is 13.8 Å². The molecule has 1 rings (SSSR count). The maximum atomic E-state index is 12.2. The molecule has 0 spiro atoms. The van der Waals surface area contributed by atoms with Gasteiger partial charge in [0, 0.05) is 38.6 Å². The lowest BCUT2D eigenvalue weighted by Crippen LogP contribution is -2.39. The number of urea groups is 1. The molecule has 1 aromatic rings. The van der Waals surface area contributed by atoms with Gasteiger partial charge in [0.1, 0.15) is 0 Å².